The van der Waals surface area contributed by atoms with E-state index in [1.165, 1.54) is 37.2 Å². The molecule has 0 fully saturated rings. The number of amides is 2. The maximum atomic E-state index is 14.7. The number of hydrogen-bond acceptors (Lipinski definition) is 4. The van der Waals surface area contributed by atoms with Crippen molar-refractivity contribution in [2.75, 3.05) is 31.5 Å². The fourth-order valence-corrected chi connectivity index (χ4v) is 4.77. The van der Waals surface area contributed by atoms with Crippen LogP contribution in [0.25, 0.3) is 0 Å². The molecule has 2 rings (SSSR count). The van der Waals surface area contributed by atoms with E-state index in [0.717, 1.165) is 10.4 Å². The van der Waals surface area contributed by atoms with Crippen molar-refractivity contribution in [1.29, 1.82) is 0 Å². The Bertz CT molecular complexity index is 1160. The third-order valence-electron chi connectivity index (χ3n) is 5.51. The summed E-state index contributed by atoms with van der Waals surface area (Å²) in [6.45, 7) is 5.34. The maximum absolute atomic E-state index is 14.7. The van der Waals surface area contributed by atoms with Gasteiger partial charge in [0.1, 0.15) is 18.4 Å². The van der Waals surface area contributed by atoms with E-state index < -0.39 is 34.5 Å². The Hall–Kier alpha value is -2.69. The third kappa shape index (κ3) is 7.41. The van der Waals surface area contributed by atoms with E-state index in [0.29, 0.717) is 21.4 Å². The minimum Gasteiger partial charge on any atom is -0.354 e. The van der Waals surface area contributed by atoms with Gasteiger partial charge >= 0.3 is 10.2 Å². The number of para-hydroxylation sites is 1. The number of nitrogens with zero attached hydrogens (tertiary/aromatic N) is 3. The number of anilines is 1. The van der Waals surface area contributed by atoms with Crippen molar-refractivity contribution >= 4 is 39.3 Å². The van der Waals surface area contributed by atoms with Crippen LogP contribution in [0.1, 0.15) is 32.8 Å². The van der Waals surface area contributed by atoms with Gasteiger partial charge in [-0.15, -0.1) is 0 Å². The Morgan fingerprint density at radius 1 is 1.06 bits per heavy atom. The molecule has 0 heterocycles. The highest BCUT2D eigenvalue weighted by Gasteiger charge is 2.34. The van der Waals surface area contributed by atoms with Crippen molar-refractivity contribution in [1.82, 2.24) is 14.5 Å². The van der Waals surface area contributed by atoms with Crippen LogP contribution in [0.15, 0.2) is 48.5 Å². The molecule has 2 amide bonds. The lowest BCUT2D eigenvalue weighted by Crippen LogP contribution is -2.53. The molecule has 2 aromatic carbocycles. The average Bonchev–Trinajstić information content (AvgIpc) is 2.82. The van der Waals surface area contributed by atoms with Gasteiger partial charge in [0, 0.05) is 32.2 Å². The largest absolute Gasteiger partial charge is 0.354 e. The van der Waals surface area contributed by atoms with Gasteiger partial charge in [-0.2, -0.15) is 12.7 Å². The molecule has 0 aliphatic rings. The van der Waals surface area contributed by atoms with Crippen LogP contribution in [-0.4, -0.2) is 62.7 Å². The van der Waals surface area contributed by atoms with Crippen LogP contribution in [0.3, 0.4) is 0 Å². The zero-order valence-corrected chi connectivity index (χ0v) is 22.8. The standard InChI is InChI=1S/C25H34ClFN4O4S/c1-6-22(25(33)28-15-18(2)3)30(16-19-11-7-8-12-20(19)26)24(32)17-31(36(34,35)29(4)5)23-14-10-9-13-21(23)27/h7-14,18,22H,6,15-17H2,1-5H3,(H,28,33)/t22-/m0/s1. The second-order valence-corrected chi connectivity index (χ2v) is 11.4. The molecule has 0 aliphatic heterocycles. The zero-order chi connectivity index (χ0) is 27.0. The van der Waals surface area contributed by atoms with E-state index in [4.69, 9.17) is 11.6 Å². The summed E-state index contributed by atoms with van der Waals surface area (Å²) in [5, 5.41) is 3.25. The normalized spacial score (nSPS) is 12.5. The van der Waals surface area contributed by atoms with Crippen LogP contribution in [0.4, 0.5) is 10.1 Å². The van der Waals surface area contributed by atoms with Crippen LogP contribution < -0.4 is 9.62 Å². The van der Waals surface area contributed by atoms with Crippen molar-refractivity contribution < 1.29 is 22.4 Å². The number of hydrogen-bond donors (Lipinski definition) is 1. The monoisotopic (exact) mass is 540 g/mol. The van der Waals surface area contributed by atoms with Gasteiger partial charge in [0.15, 0.2) is 0 Å². The summed E-state index contributed by atoms with van der Waals surface area (Å²) in [5.41, 5.74) is 0.324. The quantitative estimate of drug-likeness (QED) is 0.445. The highest BCUT2D eigenvalue weighted by molar-refractivity contribution is 7.90. The van der Waals surface area contributed by atoms with Crippen LogP contribution in [0, 0.1) is 11.7 Å². The first-order valence-corrected chi connectivity index (χ1v) is 13.4. The molecule has 1 N–H and O–H groups in total. The molecule has 0 saturated heterocycles. The summed E-state index contributed by atoms with van der Waals surface area (Å²) >= 11 is 6.34. The van der Waals surface area contributed by atoms with Crippen molar-refractivity contribution in [3.8, 4) is 0 Å². The average molecular weight is 541 g/mol. The predicted molar refractivity (Wildman–Crippen MR) is 140 cm³/mol. The van der Waals surface area contributed by atoms with Crippen molar-refractivity contribution in [3.05, 3.63) is 64.9 Å². The molecule has 8 nitrogen and oxygen atoms in total. The first-order valence-electron chi connectivity index (χ1n) is 11.6. The van der Waals surface area contributed by atoms with Gasteiger partial charge in [0.05, 0.1) is 5.69 Å². The van der Waals surface area contributed by atoms with Crippen LogP contribution in [-0.2, 0) is 26.3 Å². The minimum absolute atomic E-state index is 0.0285. The van der Waals surface area contributed by atoms with Crippen molar-refractivity contribution in [2.45, 2.75) is 39.8 Å². The molecule has 2 aromatic rings. The topological polar surface area (TPSA) is 90.0 Å². The summed E-state index contributed by atoms with van der Waals surface area (Å²) in [6.07, 6.45) is 0.278. The molecule has 0 aliphatic carbocycles. The Balaban J connectivity index is 2.52. The predicted octanol–water partition coefficient (Wildman–Crippen LogP) is 3.67. The van der Waals surface area contributed by atoms with Crippen LogP contribution >= 0.6 is 11.6 Å². The molecular formula is C25H34ClFN4O4S. The third-order valence-corrected chi connectivity index (χ3v) is 7.68. The van der Waals surface area contributed by atoms with E-state index in [1.54, 1.807) is 31.2 Å². The number of nitrogens with one attached hydrogen (secondary N) is 1. The number of halogens is 2. The van der Waals surface area contributed by atoms with E-state index >= 15 is 0 Å². The van der Waals surface area contributed by atoms with E-state index in [-0.39, 0.29) is 30.5 Å². The Labute approximate surface area is 218 Å². The number of carbonyl (C=O) groups is 2. The van der Waals surface area contributed by atoms with Crippen molar-refractivity contribution in [3.63, 3.8) is 0 Å². The number of carbonyl (C=O) groups excluding carboxylic acids is 2. The van der Waals surface area contributed by atoms with Gasteiger partial charge in [0.2, 0.25) is 11.8 Å². The van der Waals surface area contributed by atoms with Gasteiger partial charge < -0.3 is 10.2 Å². The van der Waals surface area contributed by atoms with Crippen molar-refractivity contribution in [2.24, 2.45) is 5.92 Å². The lowest BCUT2D eigenvalue weighted by molar-refractivity contribution is -0.140. The zero-order valence-electron chi connectivity index (χ0n) is 21.2. The Morgan fingerprint density at radius 3 is 2.22 bits per heavy atom. The van der Waals surface area contributed by atoms with Gasteiger partial charge in [-0.1, -0.05) is 62.7 Å². The molecule has 0 aromatic heterocycles. The second-order valence-electron chi connectivity index (χ2n) is 8.92. The van der Waals surface area contributed by atoms with Gasteiger partial charge in [0.25, 0.3) is 0 Å². The maximum Gasteiger partial charge on any atom is 0.304 e. The first-order chi connectivity index (χ1) is 16.9. The summed E-state index contributed by atoms with van der Waals surface area (Å²) < 4.78 is 42.5. The minimum atomic E-state index is -4.25. The van der Waals surface area contributed by atoms with Gasteiger partial charge in [-0.05, 0) is 36.1 Å². The van der Waals surface area contributed by atoms with Gasteiger partial charge in [-0.25, -0.2) is 8.70 Å². The summed E-state index contributed by atoms with van der Waals surface area (Å²) in [5.74, 6) is -1.63. The molecule has 0 unspecified atom stereocenters. The summed E-state index contributed by atoms with van der Waals surface area (Å²) in [7, 11) is -1.66. The summed E-state index contributed by atoms with van der Waals surface area (Å²) in [4.78, 5) is 28.1. The highest BCUT2D eigenvalue weighted by atomic mass is 35.5. The molecule has 36 heavy (non-hydrogen) atoms. The molecule has 0 bridgehead atoms. The van der Waals surface area contributed by atoms with Crippen LogP contribution in [0.5, 0.6) is 0 Å². The SMILES string of the molecule is CC[C@@H](C(=O)NCC(C)C)N(Cc1ccccc1Cl)C(=O)CN(c1ccccc1F)S(=O)(=O)N(C)C. The molecule has 1 atom stereocenters. The fourth-order valence-electron chi connectivity index (χ4n) is 3.51. The van der Waals surface area contributed by atoms with E-state index in [1.807, 2.05) is 13.8 Å². The lowest BCUT2D eigenvalue weighted by atomic mass is 10.1. The Kier molecular flexibility index (Phi) is 10.7. The molecule has 0 saturated carbocycles. The van der Waals surface area contributed by atoms with Crippen LogP contribution in [0.2, 0.25) is 5.02 Å². The second kappa shape index (κ2) is 13.0. The lowest BCUT2D eigenvalue weighted by Gasteiger charge is -2.34. The van der Waals surface area contributed by atoms with E-state index in [9.17, 15) is 22.4 Å². The molecular weight excluding hydrogens is 507 g/mol. The van der Waals surface area contributed by atoms with E-state index in [2.05, 4.69) is 5.32 Å². The molecule has 0 spiro atoms. The number of benzene rings is 2. The Morgan fingerprint density at radius 2 is 1.67 bits per heavy atom. The molecule has 11 heteroatoms. The van der Waals surface area contributed by atoms with Gasteiger partial charge in [-0.3, -0.25) is 9.59 Å². The first kappa shape index (κ1) is 29.5. The summed E-state index contributed by atoms with van der Waals surface area (Å²) in [6, 6.07) is 11.3. The molecule has 0 radical (unpaired) electrons. The highest BCUT2D eigenvalue weighted by Crippen LogP contribution is 2.25. The number of rotatable bonds is 12. The smallest absolute Gasteiger partial charge is 0.304 e. The molecule has 198 valence electrons. The fraction of sp³-hybridized carbons (Fsp3) is 0.440.